The topological polar surface area (TPSA) is 91.3 Å². The molecule has 0 amide bonds. The fourth-order valence-electron chi connectivity index (χ4n) is 3.37. The molecule has 0 saturated carbocycles. The maximum atomic E-state index is 8.69. The van der Waals surface area contributed by atoms with E-state index in [-0.39, 0.29) is 10.9 Å². The molecule has 0 radical (unpaired) electrons. The Bertz CT molecular complexity index is 1380. The van der Waals surface area contributed by atoms with Gasteiger partial charge in [0.05, 0.1) is 8.95 Å². The van der Waals surface area contributed by atoms with Crippen LogP contribution >= 0.6 is 31.9 Å². The molecule has 0 aliphatic carbocycles. The van der Waals surface area contributed by atoms with Crippen molar-refractivity contribution < 1.29 is 0 Å². The number of halogens is 2. The standard InChI is InChI=1S/C21H17Br2N7/c1-21(2,3)20-28-18-12(23)9-11(22)17-27-16-13(19(29-20)30(17)18)14(24)25-15(26-16)10-7-5-4-6-8-10/h4-9,24H,1-3H3,(H,28,29). The van der Waals surface area contributed by atoms with E-state index in [1.807, 2.05) is 40.8 Å². The zero-order chi connectivity index (χ0) is 21.2. The maximum Gasteiger partial charge on any atom is 0.171 e. The number of anilines is 1. The van der Waals surface area contributed by atoms with Crippen molar-refractivity contribution in [2.24, 2.45) is 10.4 Å². The van der Waals surface area contributed by atoms with Crippen molar-refractivity contribution >= 4 is 55.0 Å². The van der Waals surface area contributed by atoms with Crippen LogP contribution in [-0.2, 0) is 0 Å². The van der Waals surface area contributed by atoms with Crippen LogP contribution in [0.3, 0.4) is 0 Å². The molecule has 3 aliphatic rings. The predicted molar refractivity (Wildman–Crippen MR) is 124 cm³/mol. The minimum absolute atomic E-state index is 0.112. The van der Waals surface area contributed by atoms with Crippen LogP contribution in [0, 0.1) is 10.8 Å². The normalized spacial score (nSPS) is 13.4. The number of pyridine rings is 1. The number of amidine groups is 1. The first-order valence-electron chi connectivity index (χ1n) is 9.33. The Morgan fingerprint density at radius 1 is 0.967 bits per heavy atom. The average Bonchev–Trinajstić information content (AvgIpc) is 2.70. The Kier molecular flexibility index (Phi) is 4.30. The highest BCUT2D eigenvalue weighted by molar-refractivity contribution is 9.11. The van der Waals surface area contributed by atoms with E-state index in [1.54, 1.807) is 0 Å². The molecule has 2 N–H and O–H groups in total. The zero-order valence-electron chi connectivity index (χ0n) is 16.5. The van der Waals surface area contributed by atoms with Gasteiger partial charge >= 0.3 is 0 Å². The van der Waals surface area contributed by atoms with Crippen LogP contribution in [0.2, 0.25) is 0 Å². The molecule has 1 aromatic heterocycles. The summed E-state index contributed by atoms with van der Waals surface area (Å²) in [6, 6.07) is 11.6. The molecule has 0 fully saturated rings. The molecule has 0 atom stereocenters. The lowest BCUT2D eigenvalue weighted by Gasteiger charge is -2.30. The van der Waals surface area contributed by atoms with E-state index in [0.29, 0.717) is 34.5 Å². The number of fused-ring (bicyclic) bond motifs is 2. The summed E-state index contributed by atoms with van der Waals surface area (Å²) >= 11 is 7.24. The van der Waals surface area contributed by atoms with Crippen molar-refractivity contribution in [3.8, 4) is 22.8 Å². The number of rotatable bonds is 1. The van der Waals surface area contributed by atoms with Crippen molar-refractivity contribution in [3.63, 3.8) is 0 Å². The average molecular weight is 527 g/mol. The van der Waals surface area contributed by atoms with Gasteiger partial charge in [0.1, 0.15) is 17.2 Å². The summed E-state index contributed by atoms with van der Waals surface area (Å²) in [7, 11) is 0. The molecule has 30 heavy (non-hydrogen) atoms. The molecule has 0 unspecified atom stereocenters. The molecular formula is C21H17Br2N7. The number of nitrogens with zero attached hydrogens (tertiary/aromatic N) is 5. The van der Waals surface area contributed by atoms with E-state index in [0.717, 1.165) is 20.3 Å². The summed E-state index contributed by atoms with van der Waals surface area (Å²) < 4.78 is 3.52. The van der Waals surface area contributed by atoms with Crippen molar-refractivity contribution in [1.82, 2.24) is 19.4 Å². The van der Waals surface area contributed by atoms with Gasteiger partial charge in [0.15, 0.2) is 28.6 Å². The summed E-state index contributed by atoms with van der Waals surface area (Å²) in [4.78, 5) is 18.8. The Labute approximate surface area is 189 Å². The molecule has 1 aromatic carbocycles. The SMILES string of the molecule is CC(C)(C)C1=Nc2c(Br)cc(Br)c3nc4nc(-c5ccccc5)nc(=N)c-4c(n23)N1. The molecule has 0 bridgehead atoms. The highest BCUT2D eigenvalue weighted by atomic mass is 79.9. The Hall–Kier alpha value is -2.65. The van der Waals surface area contributed by atoms with Gasteiger partial charge in [-0.15, -0.1) is 0 Å². The second-order valence-corrected chi connectivity index (χ2v) is 9.79. The molecule has 0 saturated heterocycles. The summed E-state index contributed by atoms with van der Waals surface area (Å²) in [5.74, 6) is 3.14. The summed E-state index contributed by atoms with van der Waals surface area (Å²) in [5, 5.41) is 12.1. The first kappa shape index (κ1) is 19.3. The van der Waals surface area contributed by atoms with Crippen molar-refractivity contribution in [2.45, 2.75) is 20.8 Å². The van der Waals surface area contributed by atoms with Crippen LogP contribution in [0.4, 0.5) is 11.6 Å². The molecule has 150 valence electrons. The van der Waals surface area contributed by atoms with Gasteiger partial charge in [0.25, 0.3) is 0 Å². The van der Waals surface area contributed by atoms with E-state index in [4.69, 9.17) is 20.4 Å². The maximum absolute atomic E-state index is 8.69. The molecule has 0 spiro atoms. The molecular weight excluding hydrogens is 510 g/mol. The number of aliphatic imine (C=N–C) groups is 1. The highest BCUT2D eigenvalue weighted by Crippen LogP contribution is 2.41. The van der Waals surface area contributed by atoms with Crippen LogP contribution in [0.5, 0.6) is 0 Å². The van der Waals surface area contributed by atoms with Crippen molar-refractivity contribution in [3.05, 3.63) is 50.8 Å². The Morgan fingerprint density at radius 2 is 1.70 bits per heavy atom. The number of hydrogen-bond acceptors (Lipinski definition) is 6. The van der Waals surface area contributed by atoms with Gasteiger partial charge in [-0.25, -0.2) is 19.9 Å². The second kappa shape index (κ2) is 6.68. The van der Waals surface area contributed by atoms with Crippen LogP contribution in [0.25, 0.3) is 28.4 Å². The molecule has 4 heterocycles. The zero-order valence-corrected chi connectivity index (χ0v) is 19.6. The van der Waals surface area contributed by atoms with Gasteiger partial charge in [0.2, 0.25) is 0 Å². The van der Waals surface area contributed by atoms with Crippen LogP contribution < -0.4 is 10.8 Å². The number of aromatic nitrogens is 4. The third kappa shape index (κ3) is 2.95. The smallest absolute Gasteiger partial charge is 0.171 e. The van der Waals surface area contributed by atoms with E-state index in [1.165, 1.54) is 0 Å². The van der Waals surface area contributed by atoms with Crippen LogP contribution in [0.15, 0.2) is 50.3 Å². The van der Waals surface area contributed by atoms with Gasteiger partial charge in [-0.1, -0.05) is 51.1 Å². The second-order valence-electron chi connectivity index (χ2n) is 8.08. The molecule has 7 nitrogen and oxygen atoms in total. The largest absolute Gasteiger partial charge is 0.328 e. The molecule has 5 rings (SSSR count). The lowest BCUT2D eigenvalue weighted by molar-refractivity contribution is 0.587. The molecule has 2 aromatic rings. The van der Waals surface area contributed by atoms with E-state index in [2.05, 4.69) is 62.9 Å². The van der Waals surface area contributed by atoms with Crippen molar-refractivity contribution in [2.75, 3.05) is 5.32 Å². The molecule has 3 aliphatic heterocycles. The fraction of sp³-hybridized carbons (Fsp3) is 0.190. The predicted octanol–water partition coefficient (Wildman–Crippen LogP) is 5.40. The van der Waals surface area contributed by atoms with Gasteiger partial charge in [0, 0.05) is 11.0 Å². The first-order valence-corrected chi connectivity index (χ1v) is 10.9. The Balaban J connectivity index is 1.90. The van der Waals surface area contributed by atoms with Crippen LogP contribution in [-0.4, -0.2) is 25.2 Å². The summed E-state index contributed by atoms with van der Waals surface area (Å²) in [6.07, 6.45) is 0. The quantitative estimate of drug-likeness (QED) is 0.325. The van der Waals surface area contributed by atoms with E-state index in [9.17, 15) is 0 Å². The number of hydrogen-bond donors (Lipinski definition) is 2. The van der Waals surface area contributed by atoms with Gasteiger partial charge in [-0.05, 0) is 37.9 Å². The number of benzene rings is 1. The van der Waals surface area contributed by atoms with E-state index < -0.39 is 0 Å². The van der Waals surface area contributed by atoms with Gasteiger partial charge in [-0.3, -0.25) is 9.81 Å². The van der Waals surface area contributed by atoms with Crippen molar-refractivity contribution in [1.29, 1.82) is 5.41 Å². The number of nitrogens with one attached hydrogen (secondary N) is 2. The van der Waals surface area contributed by atoms with E-state index >= 15 is 0 Å². The third-order valence-corrected chi connectivity index (χ3v) is 6.03. The van der Waals surface area contributed by atoms with Gasteiger partial charge < -0.3 is 5.32 Å². The molecule has 9 heteroatoms. The fourth-order valence-corrected chi connectivity index (χ4v) is 4.67. The highest BCUT2D eigenvalue weighted by Gasteiger charge is 2.30. The lowest BCUT2D eigenvalue weighted by Crippen LogP contribution is -2.33. The summed E-state index contributed by atoms with van der Waals surface area (Å²) in [5.41, 5.74) is 1.95. The Morgan fingerprint density at radius 3 is 2.40 bits per heavy atom. The minimum Gasteiger partial charge on any atom is -0.328 e. The first-order chi connectivity index (χ1) is 14.2. The van der Waals surface area contributed by atoms with Crippen LogP contribution in [0.1, 0.15) is 20.8 Å². The lowest BCUT2D eigenvalue weighted by atomic mass is 9.94. The minimum atomic E-state index is -0.223. The third-order valence-electron chi connectivity index (χ3n) is 4.86. The monoisotopic (exact) mass is 525 g/mol. The summed E-state index contributed by atoms with van der Waals surface area (Å²) in [6.45, 7) is 6.27. The van der Waals surface area contributed by atoms with Gasteiger partial charge in [-0.2, -0.15) is 0 Å².